The highest BCUT2D eigenvalue weighted by Gasteiger charge is 2.31. The zero-order valence-corrected chi connectivity index (χ0v) is 24.0. The summed E-state index contributed by atoms with van der Waals surface area (Å²) in [5, 5.41) is 0. The Kier molecular flexibility index (Phi) is 8.67. The van der Waals surface area contributed by atoms with E-state index in [1.165, 1.54) is 0 Å². The third kappa shape index (κ3) is 7.69. The summed E-state index contributed by atoms with van der Waals surface area (Å²) in [7, 11) is -3.68. The van der Waals surface area contributed by atoms with Crippen LogP contribution in [-0.2, 0) is 22.0 Å². The molecule has 5 rings (SSSR count). The van der Waals surface area contributed by atoms with Crippen LogP contribution in [0.5, 0.6) is 11.8 Å². The summed E-state index contributed by atoms with van der Waals surface area (Å²) in [6.07, 6.45) is -1.71. The van der Waals surface area contributed by atoms with Crippen LogP contribution in [0.15, 0.2) is 85.2 Å². The fourth-order valence-electron chi connectivity index (χ4n) is 4.89. The molecule has 0 atom stereocenters. The number of alkyl halides is 3. The minimum absolute atomic E-state index is 0.165. The molecule has 224 valence electrons. The lowest BCUT2D eigenvalue weighted by molar-refractivity contribution is -0.138. The number of anilines is 1. The quantitative estimate of drug-likeness (QED) is 0.243. The molecule has 0 spiro atoms. The second-order valence-corrected chi connectivity index (χ2v) is 12.1. The third-order valence-corrected chi connectivity index (χ3v) is 8.49. The van der Waals surface area contributed by atoms with Crippen LogP contribution in [-0.4, -0.2) is 42.3 Å². The van der Waals surface area contributed by atoms with Crippen molar-refractivity contribution in [3.8, 4) is 11.8 Å². The zero-order chi connectivity index (χ0) is 30.6. The van der Waals surface area contributed by atoms with Crippen LogP contribution in [0.4, 0.5) is 18.9 Å². The number of nitrogens with one attached hydrogen (secondary N) is 1. The Morgan fingerprint density at radius 2 is 1.63 bits per heavy atom. The van der Waals surface area contributed by atoms with Gasteiger partial charge in [0.2, 0.25) is 10.0 Å². The molecule has 1 aliphatic rings. The van der Waals surface area contributed by atoms with E-state index in [9.17, 15) is 26.4 Å². The van der Waals surface area contributed by atoms with Gasteiger partial charge < -0.3 is 9.64 Å². The summed E-state index contributed by atoms with van der Waals surface area (Å²) < 4.78 is 71.8. The molecule has 0 unspecified atom stereocenters. The number of rotatable bonds is 8. The monoisotopic (exact) mass is 610 g/mol. The molecule has 2 heterocycles. The highest BCUT2D eigenvalue weighted by atomic mass is 32.2. The third-order valence-electron chi connectivity index (χ3n) is 7.25. The number of carbonyl (C=O) groups is 1. The number of nitrogens with zero attached hydrogens (tertiary/aromatic N) is 3. The van der Waals surface area contributed by atoms with Crippen LogP contribution in [0.3, 0.4) is 0 Å². The van der Waals surface area contributed by atoms with Crippen LogP contribution in [0.2, 0.25) is 0 Å². The molecule has 1 aliphatic heterocycles. The average molecular weight is 611 g/mol. The number of hydrogen-bond acceptors (Lipinski definition) is 6. The van der Waals surface area contributed by atoms with Gasteiger partial charge in [-0.25, -0.2) is 18.4 Å². The maximum atomic E-state index is 13.3. The fraction of sp³-hybridized carbons (Fsp3) is 0.258. The van der Waals surface area contributed by atoms with Crippen molar-refractivity contribution in [2.24, 2.45) is 0 Å². The minimum atomic E-state index is -4.52. The second kappa shape index (κ2) is 12.4. The smallest absolute Gasteiger partial charge is 0.419 e. The molecule has 4 aromatic rings. The summed E-state index contributed by atoms with van der Waals surface area (Å²) in [5.41, 5.74) is 2.26. The van der Waals surface area contributed by atoms with E-state index in [2.05, 4.69) is 14.7 Å². The molecule has 3 aromatic carbocycles. The molecule has 0 bridgehead atoms. The molecule has 43 heavy (non-hydrogen) atoms. The van der Waals surface area contributed by atoms with Gasteiger partial charge in [0.1, 0.15) is 5.75 Å². The Morgan fingerprint density at radius 1 is 0.977 bits per heavy atom. The first-order valence-corrected chi connectivity index (χ1v) is 15.2. The lowest BCUT2D eigenvalue weighted by atomic mass is 9.89. The van der Waals surface area contributed by atoms with E-state index in [0.29, 0.717) is 53.6 Å². The van der Waals surface area contributed by atoms with Gasteiger partial charge in [0.25, 0.3) is 5.91 Å². The Hall–Kier alpha value is -4.45. The predicted octanol–water partition coefficient (Wildman–Crippen LogP) is 6.56. The number of likely N-dealkylation sites (tertiary alicyclic amines) is 1. The van der Waals surface area contributed by atoms with Crippen molar-refractivity contribution < 1.29 is 31.1 Å². The zero-order valence-electron chi connectivity index (χ0n) is 23.2. The second-order valence-electron chi connectivity index (χ2n) is 10.4. The Balaban J connectivity index is 1.17. The molecule has 1 fully saturated rings. The standard InChI is InChI=1S/C31H29F3N4O4S/c1-21-7-8-25(17-28(21)37-43(40,41)20-22-5-3-2-4-6-22)29(39)38-15-13-24(14-16-38)23-9-11-27(12-10-23)42-30-35-18-26(19-36-30)31(32,33)34/h2-12,17-19,24,37H,13-16,20H2,1H3. The molecule has 8 nitrogen and oxygen atoms in total. The van der Waals surface area contributed by atoms with E-state index in [1.807, 2.05) is 18.2 Å². The molecule has 1 aromatic heterocycles. The van der Waals surface area contributed by atoms with E-state index in [4.69, 9.17) is 4.74 Å². The molecule has 12 heteroatoms. The normalized spacial score (nSPS) is 14.4. The molecule has 0 radical (unpaired) electrons. The summed E-state index contributed by atoms with van der Waals surface area (Å²) >= 11 is 0. The van der Waals surface area contributed by atoms with E-state index >= 15 is 0 Å². The minimum Gasteiger partial charge on any atom is -0.424 e. The van der Waals surface area contributed by atoms with Gasteiger partial charge in [-0.15, -0.1) is 0 Å². The van der Waals surface area contributed by atoms with E-state index in [-0.39, 0.29) is 23.6 Å². The van der Waals surface area contributed by atoms with E-state index in [0.717, 1.165) is 18.4 Å². The van der Waals surface area contributed by atoms with Crippen molar-refractivity contribution in [2.45, 2.75) is 37.6 Å². The van der Waals surface area contributed by atoms with Crippen LogP contribution >= 0.6 is 0 Å². The van der Waals surface area contributed by atoms with Crippen molar-refractivity contribution in [3.05, 3.63) is 113 Å². The molecular weight excluding hydrogens is 581 g/mol. The van der Waals surface area contributed by atoms with Gasteiger partial charge in [-0.05, 0) is 66.6 Å². The van der Waals surface area contributed by atoms with Gasteiger partial charge in [-0.3, -0.25) is 9.52 Å². The molecular formula is C31H29F3N4O4S. The van der Waals surface area contributed by atoms with Gasteiger partial charge in [0.15, 0.2) is 0 Å². The number of halogens is 3. The van der Waals surface area contributed by atoms with E-state index in [1.54, 1.807) is 66.4 Å². The summed E-state index contributed by atoms with van der Waals surface area (Å²) in [5.74, 6) is 0.265. The molecule has 0 aliphatic carbocycles. The first kappa shape index (κ1) is 30.0. The van der Waals surface area contributed by atoms with Crippen LogP contribution in [0.1, 0.15) is 51.4 Å². The number of ether oxygens (including phenoxy) is 1. The molecule has 1 N–H and O–H groups in total. The topological polar surface area (TPSA) is 101 Å². The fourth-order valence-corrected chi connectivity index (χ4v) is 6.15. The Morgan fingerprint density at radius 3 is 2.26 bits per heavy atom. The Bertz CT molecular complexity index is 1670. The van der Waals surface area contributed by atoms with Crippen molar-refractivity contribution in [1.29, 1.82) is 0 Å². The van der Waals surface area contributed by atoms with Gasteiger partial charge in [0, 0.05) is 31.0 Å². The number of hydrogen-bond donors (Lipinski definition) is 1. The van der Waals surface area contributed by atoms with Gasteiger partial charge in [0.05, 0.1) is 17.0 Å². The first-order valence-electron chi connectivity index (χ1n) is 13.6. The SMILES string of the molecule is Cc1ccc(C(=O)N2CCC(c3ccc(Oc4ncc(C(F)(F)F)cn4)cc3)CC2)cc1NS(=O)(=O)Cc1ccccc1. The predicted molar refractivity (Wildman–Crippen MR) is 155 cm³/mol. The van der Waals surface area contributed by atoms with Crippen molar-refractivity contribution in [3.63, 3.8) is 0 Å². The maximum absolute atomic E-state index is 13.3. The number of aryl methyl sites for hydroxylation is 1. The van der Waals surface area contributed by atoms with Gasteiger partial charge in [-0.1, -0.05) is 48.5 Å². The molecule has 0 saturated carbocycles. The van der Waals surface area contributed by atoms with Crippen LogP contribution in [0, 0.1) is 6.92 Å². The van der Waals surface area contributed by atoms with Crippen LogP contribution < -0.4 is 9.46 Å². The summed E-state index contributed by atoms with van der Waals surface area (Å²) in [4.78, 5) is 22.3. The largest absolute Gasteiger partial charge is 0.424 e. The number of amides is 1. The van der Waals surface area contributed by atoms with Gasteiger partial charge in [-0.2, -0.15) is 13.2 Å². The summed E-state index contributed by atoms with van der Waals surface area (Å²) in [6.45, 7) is 2.85. The highest BCUT2D eigenvalue weighted by Crippen LogP contribution is 2.32. The lowest BCUT2D eigenvalue weighted by Crippen LogP contribution is -2.38. The van der Waals surface area contributed by atoms with Crippen molar-refractivity contribution in [1.82, 2.24) is 14.9 Å². The number of sulfonamides is 1. The average Bonchev–Trinajstić information content (AvgIpc) is 2.98. The number of benzene rings is 3. The van der Waals surface area contributed by atoms with Crippen LogP contribution in [0.25, 0.3) is 0 Å². The highest BCUT2D eigenvalue weighted by molar-refractivity contribution is 7.91. The first-order chi connectivity index (χ1) is 20.5. The maximum Gasteiger partial charge on any atom is 0.419 e. The molecule has 1 amide bonds. The number of piperidine rings is 1. The summed E-state index contributed by atoms with van der Waals surface area (Å²) in [6, 6.07) is 20.9. The van der Waals surface area contributed by atoms with Crippen molar-refractivity contribution in [2.75, 3.05) is 17.8 Å². The van der Waals surface area contributed by atoms with E-state index < -0.39 is 21.8 Å². The van der Waals surface area contributed by atoms with Gasteiger partial charge >= 0.3 is 12.2 Å². The Labute approximate surface area is 247 Å². The number of carbonyl (C=O) groups excluding carboxylic acids is 1. The number of aromatic nitrogens is 2. The molecule has 1 saturated heterocycles. The van der Waals surface area contributed by atoms with Crippen molar-refractivity contribution >= 4 is 21.6 Å². The lowest BCUT2D eigenvalue weighted by Gasteiger charge is -2.32.